The van der Waals surface area contributed by atoms with Gasteiger partial charge in [-0.05, 0) is 6.42 Å². The Morgan fingerprint density at radius 1 is 1.71 bits per heavy atom. The van der Waals surface area contributed by atoms with Crippen LogP contribution in [0.5, 0.6) is 0 Å². The van der Waals surface area contributed by atoms with Gasteiger partial charge in [0.2, 0.25) is 0 Å². The summed E-state index contributed by atoms with van der Waals surface area (Å²) in [7, 11) is 1.66. The van der Waals surface area contributed by atoms with Crippen LogP contribution in [0.25, 0.3) is 0 Å². The van der Waals surface area contributed by atoms with Crippen molar-refractivity contribution >= 4 is 5.97 Å². The number of ether oxygens (including phenoxy) is 1. The number of aryl methyl sites for hydroxylation is 1. The zero-order chi connectivity index (χ0) is 10.4. The zero-order valence-corrected chi connectivity index (χ0v) is 8.14. The first-order chi connectivity index (χ1) is 6.72. The molecule has 0 saturated carbocycles. The number of carbonyl (C=O) groups is 1. The van der Waals surface area contributed by atoms with Crippen molar-refractivity contribution in [2.24, 2.45) is 0 Å². The number of carboxylic acids is 1. The van der Waals surface area contributed by atoms with Gasteiger partial charge in [-0.3, -0.25) is 4.79 Å². The minimum atomic E-state index is -0.854. The molecule has 14 heavy (non-hydrogen) atoms. The molecule has 0 aliphatic carbocycles. The standard InChI is InChI=1S/C9H14N2O3/c1-14-4-2-3-11-6-8(10-7-11)5-9(12)13/h6-7H,2-5H2,1H3,(H,12,13). The third-order valence-corrected chi connectivity index (χ3v) is 1.78. The van der Waals surface area contributed by atoms with Crippen LogP contribution in [0.15, 0.2) is 12.5 Å². The molecular formula is C9H14N2O3. The highest BCUT2D eigenvalue weighted by atomic mass is 16.5. The molecule has 0 unspecified atom stereocenters. The first kappa shape index (κ1) is 10.7. The summed E-state index contributed by atoms with van der Waals surface area (Å²) in [4.78, 5) is 14.3. The molecule has 1 aromatic rings. The van der Waals surface area contributed by atoms with Crippen LogP contribution in [0.4, 0.5) is 0 Å². The predicted octanol–water partition coefficient (Wildman–Crippen LogP) is 0.547. The molecule has 1 heterocycles. The SMILES string of the molecule is COCCCn1cnc(CC(=O)O)c1. The number of methoxy groups -OCH3 is 1. The van der Waals surface area contributed by atoms with Crippen LogP contribution in [0.3, 0.4) is 0 Å². The summed E-state index contributed by atoms with van der Waals surface area (Å²) in [5.41, 5.74) is 0.593. The van der Waals surface area contributed by atoms with Gasteiger partial charge in [-0.2, -0.15) is 0 Å². The minimum Gasteiger partial charge on any atom is -0.481 e. The summed E-state index contributed by atoms with van der Waals surface area (Å²) >= 11 is 0. The Hall–Kier alpha value is -1.36. The van der Waals surface area contributed by atoms with Crippen molar-refractivity contribution in [3.63, 3.8) is 0 Å². The fourth-order valence-corrected chi connectivity index (χ4v) is 1.17. The number of nitrogens with zero attached hydrogens (tertiary/aromatic N) is 2. The molecule has 0 atom stereocenters. The molecule has 0 saturated heterocycles. The lowest BCUT2D eigenvalue weighted by atomic mass is 10.3. The lowest BCUT2D eigenvalue weighted by Gasteiger charge is -1.99. The molecule has 5 heteroatoms. The van der Waals surface area contributed by atoms with E-state index < -0.39 is 5.97 Å². The summed E-state index contributed by atoms with van der Waals surface area (Å²) < 4.78 is 6.78. The van der Waals surface area contributed by atoms with Crippen molar-refractivity contribution in [1.82, 2.24) is 9.55 Å². The highest BCUT2D eigenvalue weighted by Crippen LogP contribution is 1.99. The fraction of sp³-hybridized carbons (Fsp3) is 0.556. The van der Waals surface area contributed by atoms with Gasteiger partial charge in [-0.1, -0.05) is 0 Å². The maximum atomic E-state index is 10.4. The van der Waals surface area contributed by atoms with E-state index in [4.69, 9.17) is 9.84 Å². The third-order valence-electron chi connectivity index (χ3n) is 1.78. The third kappa shape index (κ3) is 3.57. The van der Waals surface area contributed by atoms with Gasteiger partial charge < -0.3 is 14.4 Å². The van der Waals surface area contributed by atoms with Crippen molar-refractivity contribution < 1.29 is 14.6 Å². The second-order valence-corrected chi connectivity index (χ2v) is 3.02. The van der Waals surface area contributed by atoms with Crippen molar-refractivity contribution in [3.8, 4) is 0 Å². The molecule has 0 fully saturated rings. The number of aliphatic carboxylic acids is 1. The molecule has 1 N–H and O–H groups in total. The topological polar surface area (TPSA) is 64.4 Å². The quantitative estimate of drug-likeness (QED) is 0.678. The lowest BCUT2D eigenvalue weighted by Crippen LogP contribution is -2.01. The van der Waals surface area contributed by atoms with Gasteiger partial charge >= 0.3 is 5.97 Å². The van der Waals surface area contributed by atoms with Crippen molar-refractivity contribution in [2.75, 3.05) is 13.7 Å². The second-order valence-electron chi connectivity index (χ2n) is 3.02. The molecule has 0 radical (unpaired) electrons. The van der Waals surface area contributed by atoms with E-state index in [-0.39, 0.29) is 6.42 Å². The largest absolute Gasteiger partial charge is 0.481 e. The molecule has 0 aliphatic rings. The maximum Gasteiger partial charge on any atom is 0.309 e. The molecule has 1 rings (SSSR count). The first-order valence-corrected chi connectivity index (χ1v) is 4.43. The highest BCUT2D eigenvalue weighted by Gasteiger charge is 2.03. The van der Waals surface area contributed by atoms with Crippen molar-refractivity contribution in [1.29, 1.82) is 0 Å². The maximum absolute atomic E-state index is 10.4. The van der Waals surface area contributed by atoms with Crippen LogP contribution >= 0.6 is 0 Å². The van der Waals surface area contributed by atoms with E-state index in [1.54, 1.807) is 19.6 Å². The molecule has 0 spiro atoms. The molecule has 0 amide bonds. The Kier molecular flexibility index (Phi) is 4.12. The number of hydrogen-bond donors (Lipinski definition) is 1. The molecule has 5 nitrogen and oxygen atoms in total. The van der Waals surface area contributed by atoms with E-state index in [0.29, 0.717) is 12.3 Å². The second kappa shape index (κ2) is 5.39. The fourth-order valence-electron chi connectivity index (χ4n) is 1.17. The summed E-state index contributed by atoms with van der Waals surface area (Å²) in [5.74, 6) is -0.854. The smallest absolute Gasteiger partial charge is 0.309 e. The summed E-state index contributed by atoms with van der Waals surface area (Å²) in [6, 6.07) is 0. The highest BCUT2D eigenvalue weighted by molar-refractivity contribution is 5.69. The molecule has 78 valence electrons. The van der Waals surface area contributed by atoms with Crippen LogP contribution in [0.1, 0.15) is 12.1 Å². The van der Waals surface area contributed by atoms with Crippen LogP contribution in [-0.4, -0.2) is 34.3 Å². The average molecular weight is 198 g/mol. The minimum absolute atomic E-state index is 0.0166. The van der Waals surface area contributed by atoms with Gasteiger partial charge in [0.1, 0.15) is 0 Å². The Morgan fingerprint density at radius 3 is 3.14 bits per heavy atom. The van der Waals surface area contributed by atoms with Crippen LogP contribution in [0, 0.1) is 0 Å². The lowest BCUT2D eigenvalue weighted by molar-refractivity contribution is -0.136. The normalized spacial score (nSPS) is 10.4. The van der Waals surface area contributed by atoms with Gasteiger partial charge in [-0.25, -0.2) is 4.98 Å². The van der Waals surface area contributed by atoms with Gasteiger partial charge in [-0.15, -0.1) is 0 Å². The first-order valence-electron chi connectivity index (χ1n) is 4.43. The van der Waals surface area contributed by atoms with E-state index in [1.807, 2.05) is 4.57 Å². The number of carboxylic acid groups (broad SMARTS) is 1. The van der Waals surface area contributed by atoms with Crippen LogP contribution < -0.4 is 0 Å². The Balaban J connectivity index is 2.38. The number of imidazole rings is 1. The molecule has 0 aliphatic heterocycles. The van der Waals surface area contributed by atoms with Crippen molar-refractivity contribution in [3.05, 3.63) is 18.2 Å². The average Bonchev–Trinajstić information content (AvgIpc) is 2.52. The monoisotopic (exact) mass is 198 g/mol. The Labute approximate surface area is 82.3 Å². The van der Waals surface area contributed by atoms with E-state index in [2.05, 4.69) is 4.98 Å². The predicted molar refractivity (Wildman–Crippen MR) is 50.1 cm³/mol. The number of aromatic nitrogens is 2. The van der Waals surface area contributed by atoms with E-state index >= 15 is 0 Å². The van der Waals surface area contributed by atoms with E-state index in [9.17, 15) is 4.79 Å². The molecule has 0 bridgehead atoms. The zero-order valence-electron chi connectivity index (χ0n) is 8.14. The molecule has 0 aromatic carbocycles. The summed E-state index contributed by atoms with van der Waals surface area (Å²) in [5, 5.41) is 8.52. The summed E-state index contributed by atoms with van der Waals surface area (Å²) in [6.45, 7) is 1.51. The van der Waals surface area contributed by atoms with Gasteiger partial charge in [0.25, 0.3) is 0 Å². The van der Waals surface area contributed by atoms with Crippen LogP contribution in [-0.2, 0) is 22.5 Å². The van der Waals surface area contributed by atoms with Gasteiger partial charge in [0, 0.05) is 26.5 Å². The number of rotatable bonds is 6. The Morgan fingerprint density at radius 2 is 2.50 bits per heavy atom. The van der Waals surface area contributed by atoms with Crippen molar-refractivity contribution in [2.45, 2.75) is 19.4 Å². The van der Waals surface area contributed by atoms with E-state index in [1.165, 1.54) is 0 Å². The molecule has 1 aromatic heterocycles. The summed E-state index contributed by atoms with van der Waals surface area (Å²) in [6.07, 6.45) is 4.29. The number of hydrogen-bond acceptors (Lipinski definition) is 3. The molecular weight excluding hydrogens is 184 g/mol. The van der Waals surface area contributed by atoms with Crippen LogP contribution in [0.2, 0.25) is 0 Å². The van der Waals surface area contributed by atoms with E-state index in [0.717, 1.165) is 13.0 Å². The Bertz CT molecular complexity index is 296. The van der Waals surface area contributed by atoms with Gasteiger partial charge in [0.05, 0.1) is 18.4 Å². The van der Waals surface area contributed by atoms with Gasteiger partial charge in [0.15, 0.2) is 0 Å².